The predicted molar refractivity (Wildman–Crippen MR) is 113 cm³/mol. The Morgan fingerprint density at radius 2 is 2.20 bits per heavy atom. The van der Waals surface area contributed by atoms with Crippen molar-refractivity contribution < 1.29 is 19.4 Å². The van der Waals surface area contributed by atoms with E-state index in [4.69, 9.17) is 15.2 Å². The molecule has 0 radical (unpaired) electrons. The van der Waals surface area contributed by atoms with Crippen molar-refractivity contribution in [3.05, 3.63) is 35.5 Å². The predicted octanol–water partition coefficient (Wildman–Crippen LogP) is 3.77. The number of nitriles is 1. The number of rotatable bonds is 6. The van der Waals surface area contributed by atoms with Crippen molar-refractivity contribution in [1.82, 2.24) is 4.98 Å². The van der Waals surface area contributed by atoms with E-state index in [1.54, 1.807) is 18.3 Å². The number of benzene rings is 1. The first-order valence-electron chi connectivity index (χ1n) is 9.70. The second-order valence-electron chi connectivity index (χ2n) is 8.30. The summed E-state index contributed by atoms with van der Waals surface area (Å²) in [5.41, 5.74) is 8.39. The number of carbonyl (C=O) groups is 1. The lowest BCUT2D eigenvalue weighted by Gasteiger charge is -2.28. The van der Waals surface area contributed by atoms with E-state index in [0.29, 0.717) is 34.4 Å². The van der Waals surface area contributed by atoms with Gasteiger partial charge in [0.15, 0.2) is 0 Å². The van der Waals surface area contributed by atoms with Gasteiger partial charge in [-0.05, 0) is 43.0 Å². The Morgan fingerprint density at radius 3 is 2.83 bits per heavy atom. The van der Waals surface area contributed by atoms with Gasteiger partial charge >= 0.3 is 6.09 Å². The summed E-state index contributed by atoms with van der Waals surface area (Å²) in [4.78, 5) is 16.5. The number of ether oxygens (including phenoxy) is 2. The number of fused-ring (bicyclic) bond motifs is 3. The van der Waals surface area contributed by atoms with Crippen LogP contribution in [0.2, 0.25) is 0 Å². The molecule has 158 valence electrons. The van der Waals surface area contributed by atoms with Crippen LogP contribution in [0, 0.1) is 17.2 Å². The average Bonchev–Trinajstić information content (AvgIpc) is 2.69. The Bertz CT molecular complexity index is 1010. The number of nitrogens with zero attached hydrogens (tertiary/aromatic N) is 3. The van der Waals surface area contributed by atoms with Crippen LogP contribution in [0.3, 0.4) is 0 Å². The van der Waals surface area contributed by atoms with Gasteiger partial charge in [-0.15, -0.1) is 0 Å². The highest BCUT2D eigenvalue weighted by molar-refractivity contribution is 5.87. The molecule has 1 atom stereocenters. The van der Waals surface area contributed by atoms with E-state index in [1.165, 1.54) is 7.05 Å². The third kappa shape index (κ3) is 4.31. The van der Waals surface area contributed by atoms with Crippen LogP contribution >= 0.6 is 0 Å². The Kier molecular flexibility index (Phi) is 5.85. The number of nitrogens with two attached hydrogens (primary N) is 1. The van der Waals surface area contributed by atoms with Gasteiger partial charge in [-0.25, -0.2) is 9.78 Å². The molecule has 2 heterocycles. The topological polar surface area (TPSA) is 122 Å². The zero-order valence-corrected chi connectivity index (χ0v) is 17.6. The van der Waals surface area contributed by atoms with Crippen LogP contribution in [0.4, 0.5) is 10.6 Å². The van der Waals surface area contributed by atoms with Crippen LogP contribution in [-0.4, -0.2) is 35.4 Å². The number of aromatic nitrogens is 1. The summed E-state index contributed by atoms with van der Waals surface area (Å²) in [7, 11) is 1.43. The van der Waals surface area contributed by atoms with E-state index in [1.807, 2.05) is 13.0 Å². The van der Waals surface area contributed by atoms with Gasteiger partial charge in [0, 0.05) is 29.9 Å². The fraction of sp³-hybridized carbons (Fsp3) is 0.409. The SMILES string of the molecule is CC(C)CC(C)(N)COc1ccc2c(c1C#N)OCc1cnc(N(C)C(=O)O)cc1-2. The number of anilines is 1. The maximum absolute atomic E-state index is 11.3. The van der Waals surface area contributed by atoms with E-state index < -0.39 is 11.6 Å². The first-order chi connectivity index (χ1) is 14.1. The number of pyridine rings is 1. The number of carboxylic acid groups (broad SMARTS) is 1. The zero-order valence-electron chi connectivity index (χ0n) is 17.6. The Balaban J connectivity index is 1.96. The molecule has 0 fully saturated rings. The fourth-order valence-corrected chi connectivity index (χ4v) is 3.66. The molecule has 1 amide bonds. The molecule has 0 spiro atoms. The van der Waals surface area contributed by atoms with Gasteiger partial charge in [0.25, 0.3) is 0 Å². The van der Waals surface area contributed by atoms with Crippen LogP contribution in [-0.2, 0) is 6.61 Å². The minimum atomic E-state index is -1.11. The first kappa shape index (κ1) is 21.4. The highest BCUT2D eigenvalue weighted by Gasteiger charge is 2.27. The van der Waals surface area contributed by atoms with Crippen molar-refractivity contribution in [2.75, 3.05) is 18.6 Å². The minimum absolute atomic E-state index is 0.229. The molecule has 0 saturated carbocycles. The van der Waals surface area contributed by atoms with Crippen molar-refractivity contribution in [1.29, 1.82) is 5.26 Å². The standard InChI is InChI=1S/C22H26N4O4/c1-13(2)8-22(3,24)12-30-18-6-5-15-16-7-19(26(4)21(27)28)25-10-14(16)11-29-20(15)17(18)9-23/h5-7,10,13H,8,11-12,24H2,1-4H3,(H,27,28). The fourth-order valence-electron chi connectivity index (χ4n) is 3.66. The molecule has 1 aromatic heterocycles. The van der Waals surface area contributed by atoms with Gasteiger partial charge in [-0.3, -0.25) is 4.90 Å². The summed E-state index contributed by atoms with van der Waals surface area (Å²) in [6, 6.07) is 7.40. The number of amides is 1. The molecule has 8 nitrogen and oxygen atoms in total. The molecule has 2 aromatic rings. The first-order valence-corrected chi connectivity index (χ1v) is 9.70. The van der Waals surface area contributed by atoms with Crippen molar-refractivity contribution in [3.63, 3.8) is 0 Å². The summed E-state index contributed by atoms with van der Waals surface area (Å²) in [5, 5.41) is 19.0. The molecule has 1 aliphatic rings. The molecule has 0 bridgehead atoms. The number of hydrogen-bond donors (Lipinski definition) is 2. The lowest BCUT2D eigenvalue weighted by atomic mass is 9.92. The van der Waals surface area contributed by atoms with Crippen LogP contribution < -0.4 is 20.1 Å². The van der Waals surface area contributed by atoms with Crippen molar-refractivity contribution >= 4 is 11.9 Å². The average molecular weight is 410 g/mol. The Morgan fingerprint density at radius 1 is 1.47 bits per heavy atom. The molecule has 0 aliphatic carbocycles. The lowest BCUT2D eigenvalue weighted by molar-refractivity contribution is 0.203. The maximum Gasteiger partial charge on any atom is 0.412 e. The van der Waals surface area contributed by atoms with E-state index in [0.717, 1.165) is 22.4 Å². The molecular weight excluding hydrogens is 384 g/mol. The Labute approximate surface area is 175 Å². The summed E-state index contributed by atoms with van der Waals surface area (Å²) in [5.74, 6) is 1.55. The van der Waals surface area contributed by atoms with Gasteiger partial charge in [0.1, 0.15) is 42.2 Å². The quantitative estimate of drug-likeness (QED) is 0.743. The van der Waals surface area contributed by atoms with Crippen LogP contribution in [0.25, 0.3) is 11.1 Å². The highest BCUT2D eigenvalue weighted by atomic mass is 16.5. The van der Waals surface area contributed by atoms with Gasteiger partial charge in [0.2, 0.25) is 0 Å². The molecule has 1 unspecified atom stereocenters. The summed E-state index contributed by atoms with van der Waals surface area (Å²) < 4.78 is 11.8. The largest absolute Gasteiger partial charge is 0.490 e. The van der Waals surface area contributed by atoms with Gasteiger partial charge in [-0.1, -0.05) is 13.8 Å². The smallest absolute Gasteiger partial charge is 0.412 e. The normalized spacial score (nSPS) is 14.0. The monoisotopic (exact) mass is 410 g/mol. The van der Waals surface area contributed by atoms with Gasteiger partial charge in [-0.2, -0.15) is 5.26 Å². The third-order valence-electron chi connectivity index (χ3n) is 4.93. The van der Waals surface area contributed by atoms with Crippen LogP contribution in [0.15, 0.2) is 24.4 Å². The molecule has 1 aliphatic heterocycles. The van der Waals surface area contributed by atoms with E-state index >= 15 is 0 Å². The third-order valence-corrected chi connectivity index (χ3v) is 4.93. The van der Waals surface area contributed by atoms with Crippen LogP contribution in [0.1, 0.15) is 38.3 Å². The molecule has 8 heteroatoms. The van der Waals surface area contributed by atoms with Gasteiger partial charge < -0.3 is 20.3 Å². The van der Waals surface area contributed by atoms with Crippen molar-refractivity contribution in [2.45, 2.75) is 39.3 Å². The minimum Gasteiger partial charge on any atom is -0.490 e. The molecule has 30 heavy (non-hydrogen) atoms. The maximum atomic E-state index is 11.3. The molecule has 0 saturated heterocycles. The van der Waals surface area contributed by atoms with Gasteiger partial charge in [0.05, 0.1) is 0 Å². The zero-order chi connectivity index (χ0) is 22.1. The Hall–Kier alpha value is -3.31. The number of hydrogen-bond acceptors (Lipinski definition) is 6. The molecule has 3 N–H and O–H groups in total. The van der Waals surface area contributed by atoms with Crippen molar-refractivity contribution in [3.8, 4) is 28.7 Å². The second-order valence-corrected chi connectivity index (χ2v) is 8.30. The lowest BCUT2D eigenvalue weighted by Crippen LogP contribution is -2.43. The highest BCUT2D eigenvalue weighted by Crippen LogP contribution is 2.43. The van der Waals surface area contributed by atoms with E-state index in [2.05, 4.69) is 24.9 Å². The van der Waals surface area contributed by atoms with E-state index in [9.17, 15) is 15.2 Å². The summed E-state index contributed by atoms with van der Waals surface area (Å²) in [6.45, 7) is 6.62. The second kappa shape index (κ2) is 8.20. The molecule has 1 aromatic carbocycles. The summed E-state index contributed by atoms with van der Waals surface area (Å²) in [6.07, 6.45) is 1.27. The molecular formula is C22H26N4O4. The van der Waals surface area contributed by atoms with Crippen LogP contribution in [0.5, 0.6) is 11.5 Å². The molecule has 3 rings (SSSR count). The summed E-state index contributed by atoms with van der Waals surface area (Å²) >= 11 is 0. The van der Waals surface area contributed by atoms with Crippen molar-refractivity contribution in [2.24, 2.45) is 11.7 Å². The van der Waals surface area contributed by atoms with E-state index in [-0.39, 0.29) is 13.2 Å².